The van der Waals surface area contributed by atoms with E-state index in [1.807, 2.05) is 0 Å². The van der Waals surface area contributed by atoms with Gasteiger partial charge in [0.2, 0.25) is 5.76 Å². The first-order valence-electron chi connectivity index (χ1n) is 5.87. The third-order valence-electron chi connectivity index (χ3n) is 2.49. The molecule has 0 bridgehead atoms. The van der Waals surface area contributed by atoms with Crippen molar-refractivity contribution >= 4 is 11.9 Å². The van der Waals surface area contributed by atoms with Crippen LogP contribution in [0.2, 0.25) is 0 Å². The van der Waals surface area contributed by atoms with E-state index < -0.39 is 24.3 Å². The molecular formula is C14H12FNO4. The van der Waals surface area contributed by atoms with E-state index in [1.54, 1.807) is 18.2 Å². The van der Waals surface area contributed by atoms with E-state index in [4.69, 9.17) is 9.15 Å². The van der Waals surface area contributed by atoms with E-state index in [9.17, 15) is 14.0 Å². The van der Waals surface area contributed by atoms with Crippen LogP contribution in [-0.2, 0) is 16.1 Å². The summed E-state index contributed by atoms with van der Waals surface area (Å²) in [5.74, 6) is -1.63. The smallest absolute Gasteiger partial charge is 0.374 e. The summed E-state index contributed by atoms with van der Waals surface area (Å²) in [5.41, 5.74) is 0.359. The topological polar surface area (TPSA) is 68.5 Å². The van der Waals surface area contributed by atoms with Crippen LogP contribution in [0.25, 0.3) is 0 Å². The van der Waals surface area contributed by atoms with E-state index in [0.29, 0.717) is 5.56 Å². The Balaban J connectivity index is 1.76. The fourth-order valence-corrected chi connectivity index (χ4v) is 1.48. The average Bonchev–Trinajstić information content (AvgIpc) is 2.98. The van der Waals surface area contributed by atoms with E-state index in [-0.39, 0.29) is 12.3 Å². The Hall–Kier alpha value is -2.63. The third-order valence-corrected chi connectivity index (χ3v) is 2.49. The molecule has 1 N–H and O–H groups in total. The van der Waals surface area contributed by atoms with Gasteiger partial charge in [-0.3, -0.25) is 4.79 Å². The summed E-state index contributed by atoms with van der Waals surface area (Å²) in [4.78, 5) is 22.8. The Kier molecular flexibility index (Phi) is 4.49. The number of carbonyl (C=O) groups excluding carboxylic acids is 2. The number of amides is 1. The molecule has 0 aliphatic carbocycles. The number of carbonyl (C=O) groups is 2. The zero-order valence-corrected chi connectivity index (χ0v) is 10.5. The quantitative estimate of drug-likeness (QED) is 0.847. The summed E-state index contributed by atoms with van der Waals surface area (Å²) < 4.78 is 22.8. The van der Waals surface area contributed by atoms with Gasteiger partial charge in [-0.15, -0.1) is 0 Å². The Morgan fingerprint density at radius 3 is 2.70 bits per heavy atom. The SMILES string of the molecule is O=C(COC(=O)c1ccco1)NCc1ccccc1F. The highest BCUT2D eigenvalue weighted by atomic mass is 19.1. The molecule has 0 saturated heterocycles. The maximum atomic E-state index is 13.3. The van der Waals surface area contributed by atoms with E-state index in [2.05, 4.69) is 5.32 Å². The van der Waals surface area contributed by atoms with E-state index in [0.717, 1.165) is 0 Å². The van der Waals surface area contributed by atoms with Crippen LogP contribution in [0.5, 0.6) is 0 Å². The zero-order chi connectivity index (χ0) is 14.4. The lowest BCUT2D eigenvalue weighted by Gasteiger charge is -2.06. The van der Waals surface area contributed by atoms with Crippen LogP contribution in [-0.4, -0.2) is 18.5 Å². The van der Waals surface area contributed by atoms with Crippen molar-refractivity contribution in [2.45, 2.75) is 6.54 Å². The van der Waals surface area contributed by atoms with Crippen molar-refractivity contribution in [3.8, 4) is 0 Å². The minimum Gasteiger partial charge on any atom is -0.457 e. The number of benzene rings is 1. The minimum atomic E-state index is -0.726. The molecule has 0 saturated carbocycles. The molecule has 0 aliphatic heterocycles. The maximum absolute atomic E-state index is 13.3. The molecular weight excluding hydrogens is 265 g/mol. The Morgan fingerprint density at radius 2 is 2.00 bits per heavy atom. The van der Waals surface area contributed by atoms with Crippen LogP contribution < -0.4 is 5.32 Å². The molecule has 1 amide bonds. The van der Waals surface area contributed by atoms with Gasteiger partial charge in [0, 0.05) is 12.1 Å². The molecule has 1 aromatic carbocycles. The van der Waals surface area contributed by atoms with Crippen LogP contribution >= 0.6 is 0 Å². The Bertz CT molecular complexity index is 595. The number of rotatable bonds is 5. The predicted molar refractivity (Wildman–Crippen MR) is 67.2 cm³/mol. The molecule has 0 fully saturated rings. The van der Waals surface area contributed by atoms with Crippen molar-refractivity contribution in [3.05, 3.63) is 59.8 Å². The van der Waals surface area contributed by atoms with Crippen LogP contribution in [0, 0.1) is 5.82 Å². The number of hydrogen-bond donors (Lipinski definition) is 1. The van der Waals surface area contributed by atoms with Crippen LogP contribution in [0.4, 0.5) is 4.39 Å². The summed E-state index contributed by atoms with van der Waals surface area (Å²) >= 11 is 0. The molecule has 20 heavy (non-hydrogen) atoms. The van der Waals surface area contributed by atoms with Gasteiger partial charge in [0.15, 0.2) is 6.61 Å². The second-order valence-electron chi connectivity index (χ2n) is 3.92. The average molecular weight is 277 g/mol. The lowest BCUT2D eigenvalue weighted by Crippen LogP contribution is -2.28. The van der Waals surface area contributed by atoms with Crippen LogP contribution in [0.3, 0.4) is 0 Å². The summed E-state index contributed by atoms with van der Waals surface area (Å²) in [6.45, 7) is -0.419. The van der Waals surface area contributed by atoms with Crippen molar-refractivity contribution in [1.82, 2.24) is 5.32 Å². The predicted octanol–water partition coefficient (Wildman–Crippen LogP) is 1.89. The van der Waals surface area contributed by atoms with Crippen LogP contribution in [0.15, 0.2) is 47.1 Å². The van der Waals surface area contributed by atoms with Gasteiger partial charge < -0.3 is 14.5 Å². The lowest BCUT2D eigenvalue weighted by atomic mass is 10.2. The van der Waals surface area contributed by atoms with Gasteiger partial charge in [-0.1, -0.05) is 18.2 Å². The molecule has 2 aromatic rings. The molecule has 2 rings (SSSR count). The minimum absolute atomic E-state index is 0.0203. The van der Waals surface area contributed by atoms with E-state index >= 15 is 0 Å². The summed E-state index contributed by atoms with van der Waals surface area (Å²) in [6.07, 6.45) is 1.33. The normalized spacial score (nSPS) is 10.1. The van der Waals surface area contributed by atoms with Crippen molar-refractivity contribution in [1.29, 1.82) is 0 Å². The van der Waals surface area contributed by atoms with Gasteiger partial charge in [0.1, 0.15) is 5.82 Å². The van der Waals surface area contributed by atoms with E-state index in [1.165, 1.54) is 24.5 Å². The highest BCUT2D eigenvalue weighted by Crippen LogP contribution is 2.05. The fourth-order valence-electron chi connectivity index (χ4n) is 1.48. The lowest BCUT2D eigenvalue weighted by molar-refractivity contribution is -0.124. The summed E-state index contributed by atoms with van der Waals surface area (Å²) in [5, 5.41) is 2.45. The summed E-state index contributed by atoms with van der Waals surface area (Å²) in [6, 6.07) is 9.06. The van der Waals surface area contributed by atoms with Gasteiger partial charge in [-0.25, -0.2) is 9.18 Å². The number of hydrogen-bond acceptors (Lipinski definition) is 4. The van der Waals surface area contributed by atoms with Gasteiger partial charge in [0.05, 0.1) is 6.26 Å². The second-order valence-corrected chi connectivity index (χ2v) is 3.92. The first-order chi connectivity index (χ1) is 9.66. The number of nitrogens with one attached hydrogen (secondary N) is 1. The van der Waals surface area contributed by atoms with Gasteiger partial charge in [-0.05, 0) is 18.2 Å². The third kappa shape index (κ3) is 3.68. The molecule has 6 heteroatoms. The first kappa shape index (κ1) is 13.8. The first-order valence-corrected chi connectivity index (χ1v) is 5.87. The van der Waals surface area contributed by atoms with Crippen molar-refractivity contribution in [3.63, 3.8) is 0 Å². The molecule has 104 valence electrons. The molecule has 0 spiro atoms. The van der Waals surface area contributed by atoms with Crippen LogP contribution in [0.1, 0.15) is 16.1 Å². The highest BCUT2D eigenvalue weighted by Gasteiger charge is 2.12. The van der Waals surface area contributed by atoms with Gasteiger partial charge in [0.25, 0.3) is 5.91 Å². The number of furan rings is 1. The highest BCUT2D eigenvalue weighted by molar-refractivity contribution is 5.88. The molecule has 0 aliphatic rings. The number of halogens is 1. The Labute approximate surface area is 114 Å². The van der Waals surface area contributed by atoms with Gasteiger partial charge >= 0.3 is 5.97 Å². The molecule has 5 nitrogen and oxygen atoms in total. The molecule has 0 atom stereocenters. The van der Waals surface area contributed by atoms with Crippen molar-refractivity contribution in [2.24, 2.45) is 0 Å². The molecule has 1 heterocycles. The number of esters is 1. The Morgan fingerprint density at radius 1 is 1.20 bits per heavy atom. The second kappa shape index (κ2) is 6.51. The molecule has 0 radical (unpaired) electrons. The maximum Gasteiger partial charge on any atom is 0.374 e. The van der Waals surface area contributed by atoms with Crippen molar-refractivity contribution in [2.75, 3.05) is 6.61 Å². The monoisotopic (exact) mass is 277 g/mol. The largest absolute Gasteiger partial charge is 0.457 e. The van der Waals surface area contributed by atoms with Crippen molar-refractivity contribution < 1.29 is 23.1 Å². The fraction of sp³-hybridized carbons (Fsp3) is 0.143. The molecule has 0 unspecified atom stereocenters. The molecule has 1 aromatic heterocycles. The standard InChI is InChI=1S/C14H12FNO4/c15-11-5-2-1-4-10(11)8-16-13(17)9-20-14(18)12-6-3-7-19-12/h1-7H,8-9H2,(H,16,17). The van der Waals surface area contributed by atoms with Gasteiger partial charge in [-0.2, -0.15) is 0 Å². The zero-order valence-electron chi connectivity index (χ0n) is 10.5. The number of ether oxygens (including phenoxy) is 1. The summed E-state index contributed by atoms with van der Waals surface area (Å²) in [7, 11) is 0.